The van der Waals surface area contributed by atoms with Gasteiger partial charge in [-0.2, -0.15) is 13.2 Å². The second-order valence-electron chi connectivity index (χ2n) is 7.39. The van der Waals surface area contributed by atoms with Crippen LogP contribution in [0.25, 0.3) is 0 Å². The Hall–Kier alpha value is -3.48. The van der Waals surface area contributed by atoms with Crippen LogP contribution >= 0.6 is 0 Å². The lowest BCUT2D eigenvalue weighted by Gasteiger charge is -2.37. The summed E-state index contributed by atoms with van der Waals surface area (Å²) < 4.78 is 54.8. The van der Waals surface area contributed by atoms with Gasteiger partial charge in [0.15, 0.2) is 0 Å². The lowest BCUT2D eigenvalue weighted by atomic mass is 9.99. The van der Waals surface area contributed by atoms with E-state index in [9.17, 15) is 13.2 Å². The molecule has 4 rings (SSSR count). The summed E-state index contributed by atoms with van der Waals surface area (Å²) in [7, 11) is 0. The number of ether oxygens (including phenoxy) is 2. The van der Waals surface area contributed by atoms with Crippen molar-refractivity contribution in [2.24, 2.45) is 4.99 Å². The van der Waals surface area contributed by atoms with E-state index in [1.807, 2.05) is 19.9 Å². The number of alkyl halides is 3. The van der Waals surface area contributed by atoms with Crippen LogP contribution in [-0.4, -0.2) is 18.1 Å². The summed E-state index contributed by atoms with van der Waals surface area (Å²) in [6.07, 6.45) is -4.95. The van der Waals surface area contributed by atoms with Crippen molar-refractivity contribution in [1.29, 1.82) is 0 Å². The third kappa shape index (κ3) is 4.08. The maximum atomic E-state index is 14.5. The van der Waals surface area contributed by atoms with Crippen molar-refractivity contribution in [1.82, 2.24) is 0 Å². The molecule has 7 heteroatoms. The van der Waals surface area contributed by atoms with Gasteiger partial charge in [-0.15, -0.1) is 0 Å². The van der Waals surface area contributed by atoms with E-state index >= 15 is 0 Å². The Morgan fingerprint density at radius 3 is 2.19 bits per heavy atom. The average molecular weight is 426 g/mol. The quantitative estimate of drug-likeness (QED) is 0.545. The molecule has 0 saturated carbocycles. The third-order valence-corrected chi connectivity index (χ3v) is 4.69. The van der Waals surface area contributed by atoms with Gasteiger partial charge < -0.3 is 14.8 Å². The molecular weight excluding hydrogens is 405 g/mol. The molecule has 1 atom stereocenters. The van der Waals surface area contributed by atoms with Gasteiger partial charge in [0.05, 0.1) is 11.7 Å². The molecule has 0 fully saturated rings. The molecule has 0 aliphatic carbocycles. The molecule has 3 aromatic carbocycles. The zero-order valence-corrected chi connectivity index (χ0v) is 17.0. The van der Waals surface area contributed by atoms with Gasteiger partial charge >= 0.3 is 11.9 Å². The summed E-state index contributed by atoms with van der Waals surface area (Å²) in [6.45, 7) is 3.68. The molecule has 1 heterocycles. The molecule has 0 amide bonds. The summed E-state index contributed by atoms with van der Waals surface area (Å²) in [4.78, 5) is 4.10. The Morgan fingerprint density at radius 2 is 1.58 bits per heavy atom. The summed E-state index contributed by atoms with van der Waals surface area (Å²) >= 11 is 0. The monoisotopic (exact) mass is 426 g/mol. The molecule has 0 saturated heterocycles. The molecule has 160 valence electrons. The van der Waals surface area contributed by atoms with E-state index in [0.29, 0.717) is 17.0 Å². The van der Waals surface area contributed by atoms with Crippen LogP contribution in [0.2, 0.25) is 0 Å². The Balaban J connectivity index is 1.90. The van der Waals surface area contributed by atoms with E-state index in [-0.39, 0.29) is 23.3 Å². The van der Waals surface area contributed by atoms with E-state index in [0.717, 1.165) is 0 Å². The van der Waals surface area contributed by atoms with Crippen molar-refractivity contribution in [3.63, 3.8) is 0 Å². The maximum Gasteiger partial charge on any atom is 0.455 e. The number of aliphatic imine (C=N–C) groups is 1. The average Bonchev–Trinajstić information content (AvgIpc) is 2.73. The molecule has 0 bridgehead atoms. The second kappa shape index (κ2) is 7.98. The van der Waals surface area contributed by atoms with E-state index in [1.54, 1.807) is 42.5 Å². The zero-order valence-electron chi connectivity index (χ0n) is 17.0. The van der Waals surface area contributed by atoms with Crippen molar-refractivity contribution < 1.29 is 22.6 Å². The standard InChI is InChI=1S/C24H21F3N2O2/c1-16(2)30-19-13-14-20-21(15-19)31-23(24(25,26)27,17-9-5-3-6-10-17)29-22(20)28-18-11-7-4-8-12-18/h3-16H,1-2H3,(H,28,29)/t23-/m0/s1. The van der Waals surface area contributed by atoms with E-state index < -0.39 is 11.9 Å². The van der Waals surface area contributed by atoms with Crippen molar-refractivity contribution in [2.75, 3.05) is 5.32 Å². The van der Waals surface area contributed by atoms with Crippen LogP contribution < -0.4 is 14.8 Å². The lowest BCUT2D eigenvalue weighted by molar-refractivity contribution is -0.252. The first kappa shape index (κ1) is 20.8. The van der Waals surface area contributed by atoms with Gasteiger partial charge in [0, 0.05) is 17.3 Å². The molecule has 0 radical (unpaired) electrons. The topological polar surface area (TPSA) is 42.9 Å². The highest BCUT2D eigenvalue weighted by atomic mass is 19.4. The summed E-state index contributed by atoms with van der Waals surface area (Å²) in [6, 6.07) is 21.1. The molecule has 4 nitrogen and oxygen atoms in total. The number of para-hydroxylation sites is 1. The van der Waals surface area contributed by atoms with Gasteiger partial charge in [-0.1, -0.05) is 48.5 Å². The third-order valence-electron chi connectivity index (χ3n) is 4.69. The number of rotatable bonds is 4. The first-order chi connectivity index (χ1) is 14.8. The number of nitrogens with one attached hydrogen (secondary N) is 1. The predicted molar refractivity (Wildman–Crippen MR) is 114 cm³/mol. The first-order valence-corrected chi connectivity index (χ1v) is 9.83. The largest absolute Gasteiger partial charge is 0.491 e. The van der Waals surface area contributed by atoms with Crippen LogP contribution in [0, 0.1) is 0 Å². The highest BCUT2D eigenvalue weighted by Crippen LogP contribution is 2.48. The van der Waals surface area contributed by atoms with Crippen LogP contribution in [0.3, 0.4) is 0 Å². The molecule has 1 aliphatic heterocycles. The number of halogens is 3. The summed E-state index contributed by atoms with van der Waals surface area (Å²) in [5.74, 6) is 0.510. The number of benzene rings is 3. The Morgan fingerprint density at radius 1 is 0.935 bits per heavy atom. The highest BCUT2D eigenvalue weighted by molar-refractivity contribution is 6.11. The highest BCUT2D eigenvalue weighted by Gasteiger charge is 2.61. The number of fused-ring (bicyclic) bond motifs is 1. The van der Waals surface area contributed by atoms with Gasteiger partial charge in [-0.05, 0) is 38.1 Å². The van der Waals surface area contributed by atoms with Gasteiger partial charge in [-0.25, -0.2) is 4.99 Å². The fourth-order valence-electron chi connectivity index (χ4n) is 3.35. The minimum Gasteiger partial charge on any atom is -0.491 e. The van der Waals surface area contributed by atoms with Crippen LogP contribution in [0.1, 0.15) is 25.0 Å². The van der Waals surface area contributed by atoms with E-state index in [1.165, 1.54) is 30.3 Å². The fourth-order valence-corrected chi connectivity index (χ4v) is 3.35. The van der Waals surface area contributed by atoms with Crippen molar-refractivity contribution in [2.45, 2.75) is 31.9 Å². The Bertz CT molecular complexity index is 1080. The number of hydrogen-bond acceptors (Lipinski definition) is 4. The zero-order chi connectivity index (χ0) is 22.1. The van der Waals surface area contributed by atoms with Gasteiger partial charge in [0.2, 0.25) is 0 Å². The summed E-state index contributed by atoms with van der Waals surface area (Å²) in [5.41, 5.74) is -1.98. The van der Waals surface area contributed by atoms with Crippen LogP contribution in [0.4, 0.5) is 18.9 Å². The maximum absolute atomic E-state index is 14.5. The smallest absolute Gasteiger partial charge is 0.455 e. The van der Waals surface area contributed by atoms with Crippen LogP contribution in [-0.2, 0) is 5.72 Å². The van der Waals surface area contributed by atoms with Gasteiger partial charge in [0.1, 0.15) is 17.3 Å². The normalized spacial score (nSPS) is 18.1. The SMILES string of the molecule is CC(C)Oc1ccc2c(c1)O[C@@](c1ccccc1)(C(F)(F)F)N=C2Nc1ccccc1. The molecule has 0 aromatic heterocycles. The van der Waals surface area contributed by atoms with Crippen LogP contribution in [0.15, 0.2) is 83.9 Å². The number of anilines is 1. The second-order valence-corrected chi connectivity index (χ2v) is 7.39. The number of nitrogens with zero attached hydrogens (tertiary/aromatic N) is 1. The molecule has 0 spiro atoms. The molecule has 1 N–H and O–H groups in total. The van der Waals surface area contributed by atoms with Crippen molar-refractivity contribution in [3.8, 4) is 11.5 Å². The molecule has 1 aliphatic rings. The molecule has 31 heavy (non-hydrogen) atoms. The predicted octanol–water partition coefficient (Wildman–Crippen LogP) is 6.14. The van der Waals surface area contributed by atoms with Crippen molar-refractivity contribution >= 4 is 11.5 Å². The van der Waals surface area contributed by atoms with Crippen molar-refractivity contribution in [3.05, 3.63) is 90.0 Å². The minimum absolute atomic E-state index is 0.0350. The molecule has 3 aromatic rings. The summed E-state index contributed by atoms with van der Waals surface area (Å²) in [5, 5.41) is 3.02. The number of hydrogen-bond donors (Lipinski definition) is 1. The van der Waals surface area contributed by atoms with E-state index in [2.05, 4.69) is 10.3 Å². The molecular formula is C24H21F3N2O2. The lowest BCUT2D eigenvalue weighted by Crippen LogP contribution is -2.49. The molecule has 0 unspecified atom stereocenters. The Kier molecular flexibility index (Phi) is 5.35. The van der Waals surface area contributed by atoms with Gasteiger partial charge in [-0.3, -0.25) is 0 Å². The van der Waals surface area contributed by atoms with E-state index in [4.69, 9.17) is 9.47 Å². The Labute approximate surface area is 178 Å². The number of amidine groups is 1. The first-order valence-electron chi connectivity index (χ1n) is 9.83. The fraction of sp³-hybridized carbons (Fsp3) is 0.208. The van der Waals surface area contributed by atoms with Gasteiger partial charge in [0.25, 0.3) is 0 Å². The minimum atomic E-state index is -4.81. The van der Waals surface area contributed by atoms with Crippen LogP contribution in [0.5, 0.6) is 11.5 Å².